The van der Waals surface area contributed by atoms with Gasteiger partial charge in [-0.2, -0.15) is 0 Å². The van der Waals surface area contributed by atoms with Gasteiger partial charge >= 0.3 is 231 Å². The fourth-order valence-corrected chi connectivity index (χ4v) is 5.15. The molecule has 1 N–H and O–H groups in total. The molecule has 0 unspecified atom stereocenters. The number of methoxy groups -OCH3 is 1. The van der Waals surface area contributed by atoms with Crippen molar-refractivity contribution in [1.82, 2.24) is 25.1 Å². The van der Waals surface area contributed by atoms with Crippen molar-refractivity contribution >= 4 is 31.6 Å². The molecule has 2 aliphatic heterocycles. The zero-order valence-electron chi connectivity index (χ0n) is 24.3. The molecule has 0 radical (unpaired) electrons. The second-order valence-electron chi connectivity index (χ2n) is 10.3. The third-order valence-electron chi connectivity index (χ3n) is 7.40. The quantitative estimate of drug-likeness (QED) is 0.316. The Balaban J connectivity index is 1.52. The molecule has 0 bridgehead atoms. The maximum absolute atomic E-state index is 14.7. The van der Waals surface area contributed by atoms with E-state index in [-0.39, 0.29) is 55.8 Å². The molecule has 12 nitrogen and oxygen atoms in total. The van der Waals surface area contributed by atoms with Crippen molar-refractivity contribution in [3.8, 4) is 17.0 Å². The van der Waals surface area contributed by atoms with E-state index in [2.05, 4.69) is 20.9 Å². The minimum atomic E-state index is -1.09. The Hall–Kier alpha value is -3.79. The Morgan fingerprint density at radius 1 is 1.14 bits per heavy atom. The number of piperazine rings is 1. The standard InChI is InChI=1S/C29H36FN6O6P/c1-3-4-16-42-29(39)35-14-12-34(13-15-35)28(38)23(10-17-43-40)32-27(37)24-18-25(36-11-9-20(19-36)41-2)33-26(31-24)21-7-5-6-8-22(21)30/h5-8,18,20,23H,3-4,9-16,19H2,1-2H3,(H,32,37)/t20-,23-/m0/s1. The number of anilines is 1. The molecule has 2 fully saturated rings. The van der Waals surface area contributed by atoms with Gasteiger partial charge in [0.05, 0.1) is 0 Å². The van der Waals surface area contributed by atoms with E-state index in [1.165, 1.54) is 23.1 Å². The number of hydrogen-bond donors (Lipinski definition) is 1. The summed E-state index contributed by atoms with van der Waals surface area (Å²) in [5.41, 5.74) is 2.63. The van der Waals surface area contributed by atoms with Gasteiger partial charge in [0.2, 0.25) is 0 Å². The summed E-state index contributed by atoms with van der Waals surface area (Å²) in [4.78, 5) is 53.2. The van der Waals surface area contributed by atoms with Gasteiger partial charge < -0.3 is 0 Å². The molecule has 0 saturated carbocycles. The number of ether oxygens (including phenoxy) is 2. The van der Waals surface area contributed by atoms with Crippen LogP contribution in [0.15, 0.2) is 30.3 Å². The second kappa shape index (κ2) is 15.6. The molecule has 0 spiro atoms. The average Bonchev–Trinajstić information content (AvgIpc) is 3.52. The van der Waals surface area contributed by atoms with Gasteiger partial charge in [0.15, 0.2) is 0 Å². The Labute approximate surface area is 251 Å². The predicted octanol–water partition coefficient (Wildman–Crippen LogP) is 3.33. The second-order valence-corrected chi connectivity index (χ2v) is 10.8. The van der Waals surface area contributed by atoms with E-state index in [0.29, 0.717) is 25.5 Å². The Morgan fingerprint density at radius 3 is 2.56 bits per heavy atom. The van der Waals surface area contributed by atoms with Gasteiger partial charge in [0.25, 0.3) is 0 Å². The van der Waals surface area contributed by atoms with Gasteiger partial charge in [-0.25, -0.2) is 0 Å². The number of carbonyl (C=O) groups is 3. The predicted molar refractivity (Wildman–Crippen MR) is 157 cm³/mol. The number of amides is 3. The molecule has 3 heterocycles. The van der Waals surface area contributed by atoms with Crippen LogP contribution < -0.4 is 10.2 Å². The van der Waals surface area contributed by atoms with E-state index in [1.807, 2.05) is 11.8 Å². The number of aromatic nitrogens is 2. The molecule has 2 saturated heterocycles. The van der Waals surface area contributed by atoms with Crippen molar-refractivity contribution in [3.05, 3.63) is 41.8 Å². The molecule has 2 aliphatic rings. The van der Waals surface area contributed by atoms with Crippen molar-refractivity contribution < 1.29 is 32.8 Å². The molecular formula is C29H36FN6O6P. The van der Waals surface area contributed by atoms with E-state index in [1.54, 1.807) is 24.1 Å². The Morgan fingerprint density at radius 2 is 1.88 bits per heavy atom. The SMILES string of the molecule is CCCCOC(=O)N1CCN(C(=O)[C@H](CC#P=O)NC(=O)c2cc(N3CC[C@H](OC)C3)nc(-c3ccccc3F)n2)CC1. The number of rotatable bonds is 10. The monoisotopic (exact) mass is 614 g/mol. The van der Waals surface area contributed by atoms with Gasteiger partial charge in [0.1, 0.15) is 0 Å². The summed E-state index contributed by atoms with van der Waals surface area (Å²) in [6, 6.07) is 6.43. The van der Waals surface area contributed by atoms with Gasteiger partial charge in [-0.05, 0) is 0 Å². The van der Waals surface area contributed by atoms with Crippen LogP contribution in [-0.4, -0.2) is 103 Å². The Kier molecular flexibility index (Phi) is 11.7. The van der Waals surface area contributed by atoms with Crippen molar-refractivity contribution in [2.75, 3.05) is 57.9 Å². The maximum atomic E-state index is 14.7. The average molecular weight is 615 g/mol. The van der Waals surface area contributed by atoms with Gasteiger partial charge in [-0.1, -0.05) is 13.3 Å². The van der Waals surface area contributed by atoms with Crippen LogP contribution in [0.2, 0.25) is 0 Å². The molecule has 230 valence electrons. The van der Waals surface area contributed by atoms with Crippen molar-refractivity contribution in [2.45, 2.75) is 44.8 Å². The topological polar surface area (TPSA) is 134 Å². The molecule has 43 heavy (non-hydrogen) atoms. The molecule has 2 aromatic rings. The molecule has 0 aliphatic carbocycles. The number of hydrogen-bond acceptors (Lipinski definition) is 9. The third-order valence-corrected chi connectivity index (χ3v) is 7.71. The zero-order chi connectivity index (χ0) is 30.8. The number of benzene rings is 1. The molecular weight excluding hydrogens is 578 g/mol. The summed E-state index contributed by atoms with van der Waals surface area (Å²) < 4.78 is 36.6. The van der Waals surface area contributed by atoms with Crippen molar-refractivity contribution in [3.63, 3.8) is 0 Å². The summed E-state index contributed by atoms with van der Waals surface area (Å²) >= 11 is 0. The van der Waals surface area contributed by atoms with Gasteiger partial charge in [-0.15, -0.1) is 0 Å². The molecule has 2 atom stereocenters. The van der Waals surface area contributed by atoms with Crippen LogP contribution in [-0.2, 0) is 18.8 Å². The summed E-state index contributed by atoms with van der Waals surface area (Å²) in [6.07, 6.45) is 1.90. The van der Waals surface area contributed by atoms with E-state index in [4.69, 9.17) is 9.47 Å². The van der Waals surface area contributed by atoms with Crippen LogP contribution in [0.5, 0.6) is 0 Å². The summed E-state index contributed by atoms with van der Waals surface area (Å²) in [7, 11) is 1.22. The number of nitrogens with zero attached hydrogens (tertiary/aromatic N) is 5. The minimum absolute atomic E-state index is 0.0119. The first-order chi connectivity index (χ1) is 20.8. The Bertz CT molecular complexity index is 1420. The third kappa shape index (κ3) is 8.40. The van der Waals surface area contributed by atoms with E-state index >= 15 is 0 Å². The fourth-order valence-electron chi connectivity index (χ4n) is 4.89. The van der Waals surface area contributed by atoms with Gasteiger partial charge in [-0.3, -0.25) is 0 Å². The van der Waals surface area contributed by atoms with Crippen LogP contribution in [0, 0.1) is 11.4 Å². The number of unbranched alkanes of at least 4 members (excludes halogenated alkanes) is 1. The van der Waals surface area contributed by atoms with Crippen LogP contribution in [0.1, 0.15) is 43.1 Å². The first kappa shape index (κ1) is 32.1. The van der Waals surface area contributed by atoms with Crippen molar-refractivity contribution in [2.24, 2.45) is 0 Å². The van der Waals surface area contributed by atoms with E-state index < -0.39 is 37.7 Å². The van der Waals surface area contributed by atoms with Crippen LogP contribution in [0.25, 0.3) is 11.4 Å². The van der Waals surface area contributed by atoms with Gasteiger partial charge in [0, 0.05) is 7.11 Å². The number of carbonyl (C=O) groups excluding carboxylic acids is 3. The molecule has 3 amide bonds. The van der Waals surface area contributed by atoms with Crippen molar-refractivity contribution in [1.29, 1.82) is 0 Å². The number of halogens is 1. The number of nitrogens with one attached hydrogen (secondary N) is 1. The molecule has 14 heteroatoms. The first-order valence-corrected chi connectivity index (χ1v) is 15.1. The molecule has 4 rings (SSSR count). The van der Waals surface area contributed by atoms with Crippen LogP contribution in [0.3, 0.4) is 0 Å². The summed E-state index contributed by atoms with van der Waals surface area (Å²) in [6.45, 7) is 4.56. The zero-order valence-corrected chi connectivity index (χ0v) is 25.2. The normalized spacial score (nSPS) is 17.3. The summed E-state index contributed by atoms with van der Waals surface area (Å²) in [5.74, 6) is -1.16. The molecule has 1 aromatic carbocycles. The fraction of sp³-hybridized carbons (Fsp3) is 0.517. The summed E-state index contributed by atoms with van der Waals surface area (Å²) in [5, 5.41) is 2.70. The van der Waals surface area contributed by atoms with E-state index in [9.17, 15) is 23.3 Å². The van der Waals surface area contributed by atoms with E-state index in [0.717, 1.165) is 19.3 Å². The first-order valence-electron chi connectivity index (χ1n) is 14.3. The molecule has 1 aromatic heterocycles. The van der Waals surface area contributed by atoms with Crippen LogP contribution in [0.4, 0.5) is 15.0 Å². The van der Waals surface area contributed by atoms with Crippen LogP contribution >= 0.6 is 7.92 Å².